The van der Waals surface area contributed by atoms with E-state index in [2.05, 4.69) is 10.6 Å². The topological polar surface area (TPSA) is 226 Å². The zero-order valence-electron chi connectivity index (χ0n) is 26.1. The Labute approximate surface area is 300 Å². The van der Waals surface area contributed by atoms with Gasteiger partial charge in [0.05, 0.1) is 22.3 Å². The van der Waals surface area contributed by atoms with Gasteiger partial charge in [0.15, 0.2) is 11.5 Å². The first-order valence-electron chi connectivity index (χ1n) is 14.4. The fourth-order valence-electron chi connectivity index (χ4n) is 6.01. The van der Waals surface area contributed by atoms with Crippen molar-refractivity contribution in [2.75, 3.05) is 26.2 Å². The number of thioether (sulfide) groups is 1. The quantitative estimate of drug-likeness (QED) is 0.0434. The summed E-state index contributed by atoms with van der Waals surface area (Å²) in [5.74, 6) is -7.41. The molecule has 2 aromatic rings. The minimum Gasteiger partial charge on any atom is -0.548 e. The number of β-lactam (4-membered cyclic amide) rings is 1. The number of carbonyl (C=O) groups is 7. The molecule has 18 heteroatoms. The molecule has 5 rings (SSSR count). The number of hydrogen-bond donors (Lipinski definition) is 4. The van der Waals surface area contributed by atoms with Crippen molar-refractivity contribution in [1.82, 2.24) is 25.3 Å². The van der Waals surface area contributed by atoms with E-state index >= 15 is 0 Å². The summed E-state index contributed by atoms with van der Waals surface area (Å²) >= 11 is 0.927. The number of esters is 1. The molecule has 248 valence electrons. The minimum absolute atomic E-state index is 0. The van der Waals surface area contributed by atoms with Gasteiger partial charge in [-0.15, -0.1) is 11.8 Å². The summed E-state index contributed by atoms with van der Waals surface area (Å²) in [6, 6.07) is 7.95. The van der Waals surface area contributed by atoms with Gasteiger partial charge in [0.1, 0.15) is 18.0 Å². The van der Waals surface area contributed by atoms with E-state index in [1.165, 1.54) is 30.0 Å². The second-order valence-electron chi connectivity index (χ2n) is 11.2. The molecule has 48 heavy (non-hydrogen) atoms. The van der Waals surface area contributed by atoms with E-state index in [-0.39, 0.29) is 66.7 Å². The van der Waals surface area contributed by atoms with E-state index in [0.717, 1.165) is 33.7 Å². The second-order valence-corrected chi connectivity index (χ2v) is 12.9. The Morgan fingerprint density at radius 2 is 1.77 bits per heavy atom. The Bertz CT molecular complexity index is 1660. The first-order chi connectivity index (χ1) is 22.3. The Hall–Kier alpha value is -4.32. The van der Waals surface area contributed by atoms with E-state index in [9.17, 15) is 48.9 Å². The molecular formula is C30H30N5NaO11S. The van der Waals surface area contributed by atoms with Crippen molar-refractivity contribution in [3.8, 4) is 11.5 Å². The zero-order valence-corrected chi connectivity index (χ0v) is 28.9. The number of piperazine rings is 1. The predicted octanol–water partition coefficient (Wildman–Crippen LogP) is -5.17. The number of amides is 5. The molecule has 3 fully saturated rings. The summed E-state index contributed by atoms with van der Waals surface area (Å²) in [7, 11) is 0. The number of carboxylic acid groups (broad SMARTS) is 1. The first kappa shape index (κ1) is 36.5. The molecule has 4 N–H and O–H groups in total. The van der Waals surface area contributed by atoms with E-state index in [0.29, 0.717) is 0 Å². The van der Waals surface area contributed by atoms with Gasteiger partial charge in [0, 0.05) is 25.2 Å². The number of aromatic hydroxyl groups is 2. The Morgan fingerprint density at radius 1 is 1.08 bits per heavy atom. The molecule has 2 aromatic carbocycles. The molecule has 16 nitrogen and oxygen atoms in total. The second kappa shape index (κ2) is 14.0. The van der Waals surface area contributed by atoms with Crippen LogP contribution in [0.2, 0.25) is 0 Å². The van der Waals surface area contributed by atoms with Crippen LogP contribution in [0.15, 0.2) is 48.5 Å². The molecule has 0 spiro atoms. The van der Waals surface area contributed by atoms with E-state index < -0.39 is 81.5 Å². The molecule has 0 radical (unpaired) electrons. The summed E-state index contributed by atoms with van der Waals surface area (Å²) in [6.07, 6.45) is 0.196. The van der Waals surface area contributed by atoms with Crippen LogP contribution in [0, 0.1) is 0 Å². The molecule has 3 aliphatic heterocycles. The number of aliphatic carboxylic acids is 1. The summed E-state index contributed by atoms with van der Waals surface area (Å²) in [6.45, 7) is 2.74. The largest absolute Gasteiger partial charge is 1.00 e. The van der Waals surface area contributed by atoms with Gasteiger partial charge in [-0.1, -0.05) is 30.3 Å². The molecule has 5 unspecified atom stereocenters. The number of hydrogen-bond acceptors (Lipinski definition) is 12. The number of rotatable bonds is 11. The number of nitrogens with zero attached hydrogens (tertiary/aromatic N) is 3. The number of carbonyl (C=O) groups excluding carboxylic acids is 7. The van der Waals surface area contributed by atoms with E-state index in [1.54, 1.807) is 25.1 Å². The third kappa shape index (κ3) is 6.06. The molecule has 0 aliphatic carbocycles. The van der Waals surface area contributed by atoms with Gasteiger partial charge in [-0.05, 0) is 32.0 Å². The van der Waals surface area contributed by atoms with Crippen molar-refractivity contribution in [2.24, 2.45) is 0 Å². The van der Waals surface area contributed by atoms with Crippen molar-refractivity contribution < 1.29 is 83.2 Å². The number of fused-ring (bicyclic) bond motifs is 1. The van der Waals surface area contributed by atoms with Gasteiger partial charge in [0.25, 0.3) is 5.91 Å². The van der Waals surface area contributed by atoms with Gasteiger partial charge in [-0.2, -0.15) is 0 Å². The molecule has 3 aliphatic rings. The van der Waals surface area contributed by atoms with Crippen molar-refractivity contribution >= 4 is 53.7 Å². The number of likely N-dealkylation sites (N-methyl/N-ethyl adjacent to an activating group) is 1. The molecule has 5 amide bonds. The van der Waals surface area contributed by atoms with Gasteiger partial charge in [-0.3, -0.25) is 28.9 Å². The average Bonchev–Trinajstić information content (AvgIpc) is 3.34. The average molecular weight is 692 g/mol. The molecule has 3 heterocycles. The van der Waals surface area contributed by atoms with Gasteiger partial charge in [-0.25, -0.2) is 4.79 Å². The number of ether oxygens (including phenoxy) is 1. The fourth-order valence-corrected chi connectivity index (χ4v) is 7.69. The van der Waals surface area contributed by atoms with Crippen LogP contribution in [0.1, 0.15) is 29.8 Å². The van der Waals surface area contributed by atoms with Crippen LogP contribution in [0.3, 0.4) is 0 Å². The third-order valence-electron chi connectivity index (χ3n) is 8.42. The molecule has 5 atom stereocenters. The Morgan fingerprint density at radius 3 is 2.38 bits per heavy atom. The number of nitrogens with one attached hydrogen (secondary N) is 2. The Kier molecular flexibility index (Phi) is 10.7. The third-order valence-corrected chi connectivity index (χ3v) is 10.0. The number of phenols is 2. The molecule has 3 saturated heterocycles. The van der Waals surface area contributed by atoms with Crippen molar-refractivity contribution in [1.29, 1.82) is 0 Å². The summed E-state index contributed by atoms with van der Waals surface area (Å²) in [5.41, 5.74) is -2.28. The van der Waals surface area contributed by atoms with E-state index in [1.807, 2.05) is 0 Å². The normalized spacial score (nSPS) is 24.4. The monoisotopic (exact) mass is 691 g/mol. The van der Waals surface area contributed by atoms with Crippen molar-refractivity contribution in [2.45, 2.75) is 41.7 Å². The Balaban J connectivity index is 0.00000520. The van der Waals surface area contributed by atoms with Crippen LogP contribution in [-0.2, 0) is 39.2 Å². The zero-order chi connectivity index (χ0) is 34.3. The summed E-state index contributed by atoms with van der Waals surface area (Å²) in [5, 5.41) is 35.5. The molecule has 0 aromatic heterocycles. The number of carboxylic acids is 1. The maximum Gasteiger partial charge on any atom is 1.00 e. The summed E-state index contributed by atoms with van der Waals surface area (Å²) in [4.78, 5) is 94.0. The predicted molar refractivity (Wildman–Crippen MR) is 159 cm³/mol. The van der Waals surface area contributed by atoms with Crippen LogP contribution in [-0.4, -0.2) is 115 Å². The van der Waals surface area contributed by atoms with Crippen LogP contribution in [0.4, 0.5) is 0 Å². The first-order valence-corrected chi connectivity index (χ1v) is 15.3. The summed E-state index contributed by atoms with van der Waals surface area (Å²) < 4.78 is 3.86. The van der Waals surface area contributed by atoms with Crippen molar-refractivity contribution in [3.63, 3.8) is 0 Å². The maximum absolute atomic E-state index is 14.2. The SMILES string of the molecule is CCN1CCN(C(NC=O)(C(=O)NC2C(=O)N3C2SC(C)(COC(=O)c2ccc(O)c(O)c2)C3C(=O)[O-])c2ccccc2)C(=O)C1=O.[Na+]. The standard InChI is InChI=1S/C30H31N5O11S.Na/c1-3-33-11-12-34(24(41)23(33)40)30(31-15-36,17-7-5-4-6-8-17)28(45)32-20-22(39)35-21(26(42)43)29(2,47-25(20)35)14-46-27(44)16-9-10-18(37)19(38)13-16;/h4-10,13,15,20-21,25,37-38H,3,11-12,14H2,1-2H3,(H,31,36)(H,32,45)(H,42,43);/q;+1/p-1. The molecular weight excluding hydrogens is 661 g/mol. The van der Waals surface area contributed by atoms with Gasteiger partial charge < -0.3 is 45.3 Å². The molecule has 0 bridgehead atoms. The van der Waals surface area contributed by atoms with E-state index in [4.69, 9.17) is 4.74 Å². The maximum atomic E-state index is 14.2. The number of benzene rings is 2. The van der Waals surface area contributed by atoms with Gasteiger partial charge >= 0.3 is 47.3 Å². The van der Waals surface area contributed by atoms with Crippen LogP contribution in [0.25, 0.3) is 0 Å². The van der Waals surface area contributed by atoms with Crippen molar-refractivity contribution in [3.05, 3.63) is 59.7 Å². The van der Waals surface area contributed by atoms with Gasteiger partial charge in [0.2, 0.25) is 18.0 Å². The molecule has 0 saturated carbocycles. The van der Waals surface area contributed by atoms with Crippen LogP contribution < -0.4 is 45.3 Å². The number of phenolic OH excluding ortho intramolecular Hbond substituents is 2. The van der Waals surface area contributed by atoms with Crippen LogP contribution >= 0.6 is 11.8 Å². The fraction of sp³-hybridized carbons (Fsp3) is 0.367. The minimum atomic E-state index is -2.26. The smallest absolute Gasteiger partial charge is 0.548 e. The van der Waals surface area contributed by atoms with Crippen LogP contribution in [0.5, 0.6) is 11.5 Å².